The Morgan fingerprint density at radius 2 is 1.95 bits per heavy atom. The fraction of sp³-hybridized carbons (Fsp3) is 0.500. The second-order valence-electron chi connectivity index (χ2n) is 13.2. The lowest BCUT2D eigenvalue weighted by atomic mass is 9.85. The summed E-state index contributed by atoms with van der Waals surface area (Å²) in [6.07, 6.45) is 6.69. The van der Waals surface area contributed by atoms with Crippen LogP contribution in [0.2, 0.25) is 5.02 Å². The van der Waals surface area contributed by atoms with Gasteiger partial charge in [0.1, 0.15) is 18.6 Å². The molecule has 1 unspecified atom stereocenters. The Morgan fingerprint density at radius 3 is 2.82 bits per heavy atom. The zero-order chi connectivity index (χ0) is 30.2. The molecular formula is C34H36ClF2N5O2. The van der Waals surface area contributed by atoms with Crippen molar-refractivity contribution in [1.29, 1.82) is 0 Å². The standard InChI is InChI=1S/C34H36ClF2N5O2/c1-20(36)32(43)41-13-10-29-30(41)18-42(29)31-26-14-27(35)25(24-9-4-7-21-6-2-3-8-23(21)24)15-28(26)38-33(39-31)44-19-34-11-5-12-40(34)17-22(37)16-34/h4,7,9,14-15,22,29-30H,1-3,5-6,8,10-13,16-19H2/t22-,29?,30-,34+/m1/s1. The van der Waals surface area contributed by atoms with E-state index in [1.165, 1.54) is 17.5 Å². The van der Waals surface area contributed by atoms with Crippen LogP contribution < -0.4 is 9.64 Å². The third-order valence-corrected chi connectivity index (χ3v) is 11.0. The van der Waals surface area contributed by atoms with Gasteiger partial charge < -0.3 is 14.5 Å². The fourth-order valence-electron chi connectivity index (χ4n) is 8.55. The number of anilines is 1. The number of rotatable bonds is 6. The number of hydrogen-bond acceptors (Lipinski definition) is 6. The number of hydrogen-bond donors (Lipinski definition) is 0. The number of likely N-dealkylation sites (tertiary alicyclic amines) is 1. The molecule has 4 aliphatic heterocycles. The van der Waals surface area contributed by atoms with Crippen LogP contribution in [0.3, 0.4) is 0 Å². The number of amides is 1. The summed E-state index contributed by atoms with van der Waals surface area (Å²) in [5.74, 6) is -0.883. The molecular weight excluding hydrogens is 584 g/mol. The first-order chi connectivity index (χ1) is 21.3. The van der Waals surface area contributed by atoms with Gasteiger partial charge in [-0.05, 0) is 80.3 Å². The highest BCUT2D eigenvalue weighted by Gasteiger charge is 2.51. The molecule has 0 saturated carbocycles. The molecule has 8 rings (SSSR count). The molecule has 4 fully saturated rings. The Morgan fingerprint density at radius 1 is 1.09 bits per heavy atom. The molecule has 5 heterocycles. The number of carbonyl (C=O) groups excluding carboxylic acids is 1. The van der Waals surface area contributed by atoms with Crippen molar-refractivity contribution in [3.8, 4) is 17.1 Å². The number of aryl methyl sites for hydroxylation is 1. The van der Waals surface area contributed by atoms with Crippen LogP contribution in [0.15, 0.2) is 42.7 Å². The first-order valence-electron chi connectivity index (χ1n) is 15.9. The third kappa shape index (κ3) is 4.49. The molecule has 1 aromatic heterocycles. The molecule has 0 spiro atoms. The van der Waals surface area contributed by atoms with Crippen molar-refractivity contribution in [2.75, 3.05) is 37.7 Å². The summed E-state index contributed by atoms with van der Waals surface area (Å²) < 4.78 is 34.6. The van der Waals surface area contributed by atoms with Crippen LogP contribution in [0.5, 0.6) is 6.01 Å². The summed E-state index contributed by atoms with van der Waals surface area (Å²) in [6.45, 7) is 5.86. The van der Waals surface area contributed by atoms with Crippen LogP contribution in [0, 0.1) is 0 Å². The maximum Gasteiger partial charge on any atom is 0.319 e. The second kappa shape index (κ2) is 10.7. The zero-order valence-electron chi connectivity index (χ0n) is 24.7. The van der Waals surface area contributed by atoms with Gasteiger partial charge in [0.05, 0.1) is 23.1 Å². The summed E-state index contributed by atoms with van der Waals surface area (Å²) in [5, 5.41) is 1.43. The van der Waals surface area contributed by atoms with E-state index in [0.29, 0.717) is 49.9 Å². The van der Waals surface area contributed by atoms with Gasteiger partial charge in [-0.25, -0.2) is 8.78 Å². The van der Waals surface area contributed by atoms with Crippen molar-refractivity contribution in [1.82, 2.24) is 19.8 Å². The fourth-order valence-corrected chi connectivity index (χ4v) is 8.82. The van der Waals surface area contributed by atoms with Crippen LogP contribution in [-0.4, -0.2) is 82.3 Å². The number of nitrogens with zero attached hydrogens (tertiary/aromatic N) is 5. The third-order valence-electron chi connectivity index (χ3n) is 10.7. The van der Waals surface area contributed by atoms with E-state index < -0.39 is 17.9 Å². The zero-order valence-corrected chi connectivity index (χ0v) is 25.5. The van der Waals surface area contributed by atoms with E-state index in [2.05, 4.69) is 34.6 Å². The molecule has 2 aromatic carbocycles. The summed E-state index contributed by atoms with van der Waals surface area (Å²) in [7, 11) is 0. The van der Waals surface area contributed by atoms with E-state index in [9.17, 15) is 13.6 Å². The van der Waals surface area contributed by atoms with E-state index in [-0.39, 0.29) is 23.6 Å². The Balaban J connectivity index is 1.18. The number of fused-ring (bicyclic) bond motifs is 4. The predicted octanol–water partition coefficient (Wildman–Crippen LogP) is 6.06. The van der Waals surface area contributed by atoms with Gasteiger partial charge in [-0.3, -0.25) is 9.69 Å². The van der Waals surface area contributed by atoms with Crippen LogP contribution in [0.25, 0.3) is 22.0 Å². The summed E-state index contributed by atoms with van der Waals surface area (Å²) in [6, 6.07) is 10.6. The van der Waals surface area contributed by atoms with E-state index in [4.69, 9.17) is 26.3 Å². The molecule has 7 nitrogen and oxygen atoms in total. The topological polar surface area (TPSA) is 61.8 Å². The van der Waals surface area contributed by atoms with Gasteiger partial charge in [0.15, 0.2) is 5.83 Å². The van der Waals surface area contributed by atoms with Gasteiger partial charge in [-0.15, -0.1) is 0 Å². The summed E-state index contributed by atoms with van der Waals surface area (Å²) in [4.78, 5) is 28.2. The molecule has 3 aromatic rings. The Hall–Kier alpha value is -3.30. The molecule has 230 valence electrons. The van der Waals surface area contributed by atoms with Gasteiger partial charge >= 0.3 is 6.01 Å². The molecule has 44 heavy (non-hydrogen) atoms. The quantitative estimate of drug-likeness (QED) is 0.313. The van der Waals surface area contributed by atoms with E-state index in [1.54, 1.807) is 4.90 Å². The number of benzene rings is 2. The van der Waals surface area contributed by atoms with Crippen molar-refractivity contribution in [3.05, 3.63) is 58.9 Å². The molecule has 1 amide bonds. The SMILES string of the molecule is C=C(F)C(=O)N1CCC2[C@H]1CN2c1nc(OC[C@@]23CCCN2C[C@H](F)C3)nc2cc(-c3cccc4c3CCCC4)c(Cl)cc12. The molecule has 10 heteroatoms. The average molecular weight is 620 g/mol. The molecule has 0 bridgehead atoms. The lowest BCUT2D eigenvalue weighted by Crippen LogP contribution is -2.63. The highest BCUT2D eigenvalue weighted by molar-refractivity contribution is 6.34. The minimum Gasteiger partial charge on any atom is -0.461 e. The molecule has 0 N–H and O–H groups in total. The maximum atomic E-state index is 14.5. The first-order valence-corrected chi connectivity index (χ1v) is 16.3. The van der Waals surface area contributed by atoms with Gasteiger partial charge in [-0.1, -0.05) is 36.4 Å². The smallest absolute Gasteiger partial charge is 0.319 e. The van der Waals surface area contributed by atoms with Gasteiger partial charge in [0.2, 0.25) is 0 Å². The number of alkyl halides is 1. The minimum absolute atomic E-state index is 0.00473. The minimum atomic E-state index is -0.933. The highest BCUT2D eigenvalue weighted by Crippen LogP contribution is 2.44. The Kier molecular flexibility index (Phi) is 6.83. The van der Waals surface area contributed by atoms with Crippen LogP contribution in [0.1, 0.15) is 49.7 Å². The van der Waals surface area contributed by atoms with Gasteiger partial charge in [-0.2, -0.15) is 9.97 Å². The van der Waals surface area contributed by atoms with Gasteiger partial charge in [0, 0.05) is 42.0 Å². The molecule has 4 saturated heterocycles. The second-order valence-corrected chi connectivity index (χ2v) is 13.6. The average Bonchev–Trinajstić information content (AvgIpc) is 3.64. The monoisotopic (exact) mass is 619 g/mol. The predicted molar refractivity (Wildman–Crippen MR) is 167 cm³/mol. The largest absolute Gasteiger partial charge is 0.461 e. The van der Waals surface area contributed by atoms with Crippen LogP contribution in [0.4, 0.5) is 14.6 Å². The Bertz CT molecular complexity index is 1690. The van der Waals surface area contributed by atoms with Crippen molar-refractivity contribution in [2.24, 2.45) is 0 Å². The molecule has 4 atom stereocenters. The molecule has 0 radical (unpaired) electrons. The number of ether oxygens (including phenoxy) is 1. The number of halogens is 3. The lowest BCUT2D eigenvalue weighted by molar-refractivity contribution is -0.130. The van der Waals surface area contributed by atoms with E-state index >= 15 is 0 Å². The summed E-state index contributed by atoms with van der Waals surface area (Å²) in [5.41, 5.74) is 5.20. The molecule has 1 aliphatic carbocycles. The van der Waals surface area contributed by atoms with E-state index in [0.717, 1.165) is 60.7 Å². The van der Waals surface area contributed by atoms with Crippen molar-refractivity contribution < 1.29 is 18.3 Å². The summed E-state index contributed by atoms with van der Waals surface area (Å²) >= 11 is 7.04. The Labute approximate surface area is 260 Å². The lowest BCUT2D eigenvalue weighted by Gasteiger charge is -2.47. The normalized spacial score (nSPS) is 27.7. The highest BCUT2D eigenvalue weighted by atomic mass is 35.5. The van der Waals surface area contributed by atoms with Crippen LogP contribution in [-0.2, 0) is 17.6 Å². The van der Waals surface area contributed by atoms with Crippen molar-refractivity contribution in [3.63, 3.8) is 0 Å². The van der Waals surface area contributed by atoms with Crippen molar-refractivity contribution >= 4 is 34.2 Å². The van der Waals surface area contributed by atoms with Crippen molar-refractivity contribution in [2.45, 2.75) is 75.2 Å². The number of carbonyl (C=O) groups is 1. The maximum absolute atomic E-state index is 14.5. The number of aromatic nitrogens is 2. The van der Waals surface area contributed by atoms with Gasteiger partial charge in [0.25, 0.3) is 5.91 Å². The molecule has 5 aliphatic rings. The van der Waals surface area contributed by atoms with E-state index in [1.807, 2.05) is 12.1 Å². The first kappa shape index (κ1) is 28.2. The van der Waals surface area contributed by atoms with Crippen LogP contribution >= 0.6 is 11.6 Å².